The summed E-state index contributed by atoms with van der Waals surface area (Å²) in [6.07, 6.45) is 8.40. The first kappa shape index (κ1) is 15.3. The highest BCUT2D eigenvalue weighted by Gasteiger charge is 2.30. The predicted molar refractivity (Wildman–Crippen MR) is 82.6 cm³/mol. The molecule has 2 fully saturated rings. The van der Waals surface area contributed by atoms with E-state index in [0.717, 1.165) is 18.0 Å². The van der Waals surface area contributed by atoms with Crippen LogP contribution in [0.3, 0.4) is 0 Å². The number of hydrogen-bond acceptors (Lipinski definition) is 3. The molecule has 1 saturated heterocycles. The van der Waals surface area contributed by atoms with Crippen LogP contribution in [0.15, 0.2) is 0 Å². The Morgan fingerprint density at radius 1 is 1.05 bits per heavy atom. The van der Waals surface area contributed by atoms with E-state index in [1.807, 2.05) is 0 Å². The summed E-state index contributed by atoms with van der Waals surface area (Å²) in [4.78, 5) is 5.06. The predicted octanol–water partition coefficient (Wildman–Crippen LogP) is 2.18. The van der Waals surface area contributed by atoms with Crippen molar-refractivity contribution < 1.29 is 0 Å². The highest BCUT2D eigenvalue weighted by Crippen LogP contribution is 2.20. The van der Waals surface area contributed by atoms with Crippen LogP contribution in [-0.4, -0.2) is 62.2 Å². The van der Waals surface area contributed by atoms with Crippen LogP contribution < -0.4 is 5.32 Å². The van der Waals surface area contributed by atoms with Crippen molar-refractivity contribution in [3.8, 4) is 0 Å². The van der Waals surface area contributed by atoms with Crippen molar-refractivity contribution in [2.45, 2.75) is 57.5 Å². The minimum absolute atomic E-state index is 0.766. The van der Waals surface area contributed by atoms with Crippen LogP contribution in [-0.2, 0) is 0 Å². The van der Waals surface area contributed by atoms with Gasteiger partial charge in [0, 0.05) is 25.2 Å². The molecule has 0 bridgehead atoms. The fourth-order valence-electron chi connectivity index (χ4n) is 3.31. The molecule has 0 aromatic heterocycles. The Labute approximate surface area is 119 Å². The Bertz CT molecular complexity index is 250. The normalized spacial score (nSPS) is 28.4. The SMILES string of the molecule is CC1CN(CCCCCCNC2CC2)CC1N(C)C. The molecule has 0 amide bonds. The van der Waals surface area contributed by atoms with Crippen molar-refractivity contribution in [1.82, 2.24) is 15.1 Å². The van der Waals surface area contributed by atoms with Crippen molar-refractivity contribution in [3.63, 3.8) is 0 Å². The highest BCUT2D eigenvalue weighted by molar-refractivity contribution is 4.86. The lowest BCUT2D eigenvalue weighted by atomic mass is 10.1. The van der Waals surface area contributed by atoms with Gasteiger partial charge in [0.15, 0.2) is 0 Å². The largest absolute Gasteiger partial charge is 0.314 e. The third-order valence-corrected chi connectivity index (χ3v) is 4.72. The van der Waals surface area contributed by atoms with Crippen LogP contribution in [0.5, 0.6) is 0 Å². The van der Waals surface area contributed by atoms with Crippen molar-refractivity contribution in [3.05, 3.63) is 0 Å². The zero-order chi connectivity index (χ0) is 13.7. The van der Waals surface area contributed by atoms with E-state index >= 15 is 0 Å². The first-order valence-electron chi connectivity index (χ1n) is 8.29. The molecular formula is C16H33N3. The molecule has 1 aliphatic heterocycles. The summed E-state index contributed by atoms with van der Waals surface area (Å²) in [5.41, 5.74) is 0. The summed E-state index contributed by atoms with van der Waals surface area (Å²) < 4.78 is 0. The molecule has 112 valence electrons. The number of hydrogen-bond donors (Lipinski definition) is 1. The van der Waals surface area contributed by atoms with Crippen LogP contribution in [0, 0.1) is 5.92 Å². The second-order valence-electron chi connectivity index (χ2n) is 6.91. The molecule has 19 heavy (non-hydrogen) atoms. The minimum atomic E-state index is 0.766. The number of likely N-dealkylation sites (tertiary alicyclic amines) is 1. The third-order valence-electron chi connectivity index (χ3n) is 4.72. The van der Waals surface area contributed by atoms with Crippen molar-refractivity contribution in [1.29, 1.82) is 0 Å². The van der Waals surface area contributed by atoms with Gasteiger partial charge in [-0.15, -0.1) is 0 Å². The Hall–Kier alpha value is -0.120. The number of rotatable bonds is 9. The highest BCUT2D eigenvalue weighted by atomic mass is 15.2. The Morgan fingerprint density at radius 3 is 2.42 bits per heavy atom. The molecule has 0 radical (unpaired) electrons. The summed E-state index contributed by atoms with van der Waals surface area (Å²) in [6, 6.07) is 1.65. The lowest BCUT2D eigenvalue weighted by Gasteiger charge is -2.22. The van der Waals surface area contributed by atoms with Gasteiger partial charge >= 0.3 is 0 Å². The van der Waals surface area contributed by atoms with Gasteiger partial charge in [-0.05, 0) is 58.8 Å². The van der Waals surface area contributed by atoms with Gasteiger partial charge in [0.05, 0.1) is 0 Å². The fraction of sp³-hybridized carbons (Fsp3) is 1.00. The van der Waals surface area contributed by atoms with Gasteiger partial charge in [-0.2, -0.15) is 0 Å². The van der Waals surface area contributed by atoms with E-state index in [-0.39, 0.29) is 0 Å². The van der Waals surface area contributed by atoms with Gasteiger partial charge in [-0.3, -0.25) is 0 Å². The number of unbranched alkanes of at least 4 members (excludes halogenated alkanes) is 3. The summed E-state index contributed by atoms with van der Waals surface area (Å²) in [7, 11) is 4.44. The van der Waals surface area contributed by atoms with E-state index in [9.17, 15) is 0 Å². The first-order valence-corrected chi connectivity index (χ1v) is 8.29. The van der Waals surface area contributed by atoms with Gasteiger partial charge < -0.3 is 15.1 Å². The molecule has 3 heteroatoms. The van der Waals surface area contributed by atoms with Crippen molar-refractivity contribution >= 4 is 0 Å². The average Bonchev–Trinajstić information content (AvgIpc) is 3.10. The molecule has 2 unspecified atom stereocenters. The Balaban J connectivity index is 1.44. The molecule has 1 aliphatic carbocycles. The third kappa shape index (κ3) is 5.41. The molecule has 1 saturated carbocycles. The molecular weight excluding hydrogens is 234 g/mol. The van der Waals surface area contributed by atoms with Gasteiger partial charge in [0.25, 0.3) is 0 Å². The molecule has 0 aromatic rings. The zero-order valence-corrected chi connectivity index (χ0v) is 13.2. The van der Waals surface area contributed by atoms with Crippen LogP contribution in [0.25, 0.3) is 0 Å². The Morgan fingerprint density at radius 2 is 1.79 bits per heavy atom. The molecule has 0 spiro atoms. The molecule has 1 N–H and O–H groups in total. The molecule has 1 heterocycles. The van der Waals surface area contributed by atoms with Crippen LogP contribution in [0.1, 0.15) is 45.4 Å². The average molecular weight is 267 g/mol. The first-order chi connectivity index (χ1) is 9.16. The van der Waals surface area contributed by atoms with Gasteiger partial charge in [-0.25, -0.2) is 0 Å². The number of nitrogens with zero attached hydrogens (tertiary/aromatic N) is 2. The second-order valence-corrected chi connectivity index (χ2v) is 6.91. The van der Waals surface area contributed by atoms with Gasteiger partial charge in [0.2, 0.25) is 0 Å². The summed E-state index contributed by atoms with van der Waals surface area (Å²) in [5, 5.41) is 3.60. The Kier molecular flexibility index (Phi) is 6.11. The summed E-state index contributed by atoms with van der Waals surface area (Å²) in [6.45, 7) is 7.52. The van der Waals surface area contributed by atoms with Crippen LogP contribution in [0.2, 0.25) is 0 Å². The minimum Gasteiger partial charge on any atom is -0.314 e. The standard InChI is InChI=1S/C16H33N3/c1-14-12-19(13-16(14)18(2)3)11-7-5-4-6-10-17-15-8-9-15/h14-17H,4-13H2,1-3H3. The van der Waals surface area contributed by atoms with E-state index in [4.69, 9.17) is 0 Å². The number of likely N-dealkylation sites (N-methyl/N-ethyl adjacent to an activating group) is 1. The summed E-state index contributed by atoms with van der Waals surface area (Å²) >= 11 is 0. The second kappa shape index (κ2) is 7.61. The van der Waals surface area contributed by atoms with Gasteiger partial charge in [0.1, 0.15) is 0 Å². The van der Waals surface area contributed by atoms with E-state index in [2.05, 4.69) is 36.1 Å². The van der Waals surface area contributed by atoms with Crippen LogP contribution in [0.4, 0.5) is 0 Å². The molecule has 2 aliphatic rings. The quantitative estimate of drug-likeness (QED) is 0.646. The maximum Gasteiger partial charge on any atom is 0.0254 e. The number of nitrogens with one attached hydrogen (secondary N) is 1. The van der Waals surface area contributed by atoms with E-state index in [1.165, 1.54) is 64.7 Å². The van der Waals surface area contributed by atoms with Crippen molar-refractivity contribution in [2.24, 2.45) is 5.92 Å². The smallest absolute Gasteiger partial charge is 0.0254 e. The summed E-state index contributed by atoms with van der Waals surface area (Å²) in [5.74, 6) is 0.831. The molecule has 2 rings (SSSR count). The molecule has 3 nitrogen and oxygen atoms in total. The molecule has 0 aromatic carbocycles. The van der Waals surface area contributed by atoms with E-state index < -0.39 is 0 Å². The van der Waals surface area contributed by atoms with Crippen molar-refractivity contribution in [2.75, 3.05) is 40.3 Å². The lowest BCUT2D eigenvalue weighted by Crippen LogP contribution is -2.34. The zero-order valence-electron chi connectivity index (χ0n) is 13.2. The van der Waals surface area contributed by atoms with E-state index in [1.54, 1.807) is 0 Å². The van der Waals surface area contributed by atoms with Crippen LogP contribution >= 0.6 is 0 Å². The molecule has 2 atom stereocenters. The lowest BCUT2D eigenvalue weighted by molar-refractivity contribution is 0.251. The van der Waals surface area contributed by atoms with Gasteiger partial charge in [-0.1, -0.05) is 19.8 Å². The topological polar surface area (TPSA) is 18.5 Å². The maximum absolute atomic E-state index is 3.60. The fourth-order valence-corrected chi connectivity index (χ4v) is 3.31. The van der Waals surface area contributed by atoms with E-state index in [0.29, 0.717) is 0 Å². The maximum atomic E-state index is 3.60. The monoisotopic (exact) mass is 267 g/mol.